The Kier molecular flexibility index (Phi) is 5.03. The van der Waals surface area contributed by atoms with E-state index in [0.29, 0.717) is 5.57 Å². The first-order chi connectivity index (χ1) is 12.8. The monoisotopic (exact) mass is 397 g/mol. The molecule has 27 heavy (non-hydrogen) atoms. The molecule has 1 unspecified atom stereocenters. The van der Waals surface area contributed by atoms with E-state index in [9.17, 15) is 24.3 Å². The number of aliphatic carboxylic acids is 1. The van der Waals surface area contributed by atoms with Gasteiger partial charge in [0.2, 0.25) is 5.91 Å². The summed E-state index contributed by atoms with van der Waals surface area (Å²) in [7, 11) is 0. The van der Waals surface area contributed by atoms with Crippen LogP contribution in [0.4, 0.5) is 6.01 Å². The van der Waals surface area contributed by atoms with Crippen LogP contribution in [0.15, 0.2) is 15.8 Å². The molecule has 1 saturated heterocycles. The second kappa shape index (κ2) is 7.26. The number of esters is 1. The number of rotatable bonds is 6. The van der Waals surface area contributed by atoms with Gasteiger partial charge >= 0.3 is 18.0 Å². The van der Waals surface area contributed by atoms with Gasteiger partial charge in [-0.05, 0) is 0 Å². The Balaban J connectivity index is 1.68. The van der Waals surface area contributed by atoms with Crippen LogP contribution in [0, 0.1) is 0 Å². The van der Waals surface area contributed by atoms with E-state index in [-0.39, 0.29) is 36.3 Å². The highest BCUT2D eigenvalue weighted by Gasteiger charge is 2.54. The summed E-state index contributed by atoms with van der Waals surface area (Å²) in [4.78, 5) is 51.8. The molecule has 3 rings (SSSR count). The average Bonchev–Trinajstić information content (AvgIpc) is 3.01. The third kappa shape index (κ3) is 3.72. The largest absolute Gasteiger partial charge is 0.477 e. The first-order valence-corrected chi connectivity index (χ1v) is 8.73. The molecule has 0 bridgehead atoms. The lowest BCUT2D eigenvalue weighted by Gasteiger charge is -2.49. The number of carbonyl (C=O) groups is 4. The van der Waals surface area contributed by atoms with Crippen LogP contribution < -0.4 is 11.1 Å². The highest BCUT2D eigenvalue weighted by atomic mass is 32.2. The fourth-order valence-electron chi connectivity index (χ4n) is 2.69. The molecule has 0 aliphatic carbocycles. The number of nitrogens with zero attached hydrogens (tertiary/aromatic N) is 3. The second-order valence-corrected chi connectivity index (χ2v) is 6.82. The molecular weight excluding hydrogens is 382 g/mol. The summed E-state index contributed by atoms with van der Waals surface area (Å²) < 4.78 is 9.41. The van der Waals surface area contributed by atoms with Crippen LogP contribution >= 0.6 is 11.8 Å². The predicted octanol–water partition coefficient (Wildman–Crippen LogP) is -1.50. The number of β-lactam (4-membered cyclic amide) rings is 1. The van der Waals surface area contributed by atoms with Gasteiger partial charge in [0.25, 0.3) is 5.91 Å². The number of aromatic nitrogens is 2. The van der Waals surface area contributed by atoms with Crippen LogP contribution in [0.25, 0.3) is 0 Å². The van der Waals surface area contributed by atoms with Gasteiger partial charge in [0.05, 0.1) is 6.42 Å². The zero-order valence-electron chi connectivity index (χ0n) is 14.0. The van der Waals surface area contributed by atoms with Crippen LogP contribution in [0.1, 0.15) is 12.7 Å². The van der Waals surface area contributed by atoms with Gasteiger partial charge in [0.1, 0.15) is 23.7 Å². The minimum Gasteiger partial charge on any atom is -0.477 e. The minimum atomic E-state index is -1.30. The number of hydrogen-bond donors (Lipinski definition) is 3. The van der Waals surface area contributed by atoms with Crippen LogP contribution in [-0.4, -0.2) is 67.7 Å². The third-order valence-electron chi connectivity index (χ3n) is 3.82. The quantitative estimate of drug-likeness (QED) is 0.375. The van der Waals surface area contributed by atoms with Crippen LogP contribution in [0.5, 0.6) is 0 Å². The van der Waals surface area contributed by atoms with E-state index in [1.54, 1.807) is 0 Å². The number of fused-ring (bicyclic) bond motifs is 1. The lowest BCUT2D eigenvalue weighted by molar-refractivity contribution is -0.151. The first-order valence-electron chi connectivity index (χ1n) is 7.68. The minimum absolute atomic E-state index is 0.0692. The van der Waals surface area contributed by atoms with Gasteiger partial charge in [0.15, 0.2) is 5.82 Å². The molecule has 2 aliphatic rings. The number of ether oxygens (including phenoxy) is 1. The van der Waals surface area contributed by atoms with E-state index in [4.69, 9.17) is 10.5 Å². The van der Waals surface area contributed by atoms with Crippen molar-refractivity contribution < 1.29 is 33.5 Å². The van der Waals surface area contributed by atoms with Crippen LogP contribution in [0.3, 0.4) is 0 Å². The van der Waals surface area contributed by atoms with Crippen molar-refractivity contribution in [1.82, 2.24) is 20.4 Å². The fourth-order valence-corrected chi connectivity index (χ4v) is 4.02. The summed E-state index contributed by atoms with van der Waals surface area (Å²) in [5.74, 6) is -2.63. The number of nitrogens with two attached hydrogens (primary N) is 1. The van der Waals surface area contributed by atoms with Gasteiger partial charge in [-0.25, -0.2) is 4.79 Å². The molecule has 2 atom stereocenters. The van der Waals surface area contributed by atoms with Crippen molar-refractivity contribution in [3.05, 3.63) is 17.1 Å². The molecule has 3 heterocycles. The maximum absolute atomic E-state index is 12.4. The van der Waals surface area contributed by atoms with Gasteiger partial charge in [-0.15, -0.1) is 11.8 Å². The van der Waals surface area contributed by atoms with E-state index >= 15 is 0 Å². The van der Waals surface area contributed by atoms with Gasteiger partial charge < -0.3 is 25.4 Å². The third-order valence-corrected chi connectivity index (χ3v) is 5.16. The van der Waals surface area contributed by atoms with Crippen molar-refractivity contribution >= 4 is 41.5 Å². The molecule has 1 aromatic heterocycles. The molecule has 4 N–H and O–H groups in total. The molecular formula is C14H15N5O7S. The maximum Gasteiger partial charge on any atom is 0.352 e. The molecule has 1 fully saturated rings. The van der Waals surface area contributed by atoms with Crippen molar-refractivity contribution in [2.24, 2.45) is 0 Å². The summed E-state index contributed by atoms with van der Waals surface area (Å²) in [5, 5.41) is 14.9. The van der Waals surface area contributed by atoms with E-state index in [2.05, 4.69) is 20.0 Å². The number of nitrogen functional groups attached to an aromatic ring is 1. The summed E-state index contributed by atoms with van der Waals surface area (Å²) in [5.41, 5.74) is 5.37. The van der Waals surface area contributed by atoms with Crippen LogP contribution in [0.2, 0.25) is 0 Å². The zero-order valence-corrected chi connectivity index (χ0v) is 14.8. The average molecular weight is 397 g/mol. The number of nitrogens with one attached hydrogen (secondary N) is 1. The number of carbonyl (C=O) groups excluding carboxylic acids is 3. The molecule has 2 aliphatic heterocycles. The molecule has 2 amide bonds. The molecule has 0 radical (unpaired) electrons. The topological polar surface area (TPSA) is 178 Å². The molecule has 13 heteroatoms. The van der Waals surface area contributed by atoms with E-state index < -0.39 is 35.2 Å². The molecule has 144 valence electrons. The highest BCUT2D eigenvalue weighted by Crippen LogP contribution is 2.40. The Hall–Kier alpha value is -3.09. The first kappa shape index (κ1) is 18.7. The van der Waals surface area contributed by atoms with Crippen LogP contribution in [-0.2, 0) is 30.3 Å². The Labute approximate surface area is 156 Å². The van der Waals surface area contributed by atoms with Gasteiger partial charge in [-0.3, -0.25) is 19.3 Å². The van der Waals surface area contributed by atoms with Gasteiger partial charge in [-0.1, -0.05) is 5.16 Å². The van der Waals surface area contributed by atoms with Crippen molar-refractivity contribution in [3.8, 4) is 0 Å². The maximum atomic E-state index is 12.4. The second-order valence-electron chi connectivity index (χ2n) is 5.72. The fraction of sp³-hybridized carbons (Fsp3) is 0.429. The van der Waals surface area contributed by atoms with Gasteiger partial charge in [-0.2, -0.15) is 4.98 Å². The number of carboxylic acids is 1. The Bertz CT molecular complexity index is 851. The van der Waals surface area contributed by atoms with E-state index in [1.165, 1.54) is 18.7 Å². The highest BCUT2D eigenvalue weighted by molar-refractivity contribution is 8.00. The predicted molar refractivity (Wildman–Crippen MR) is 88.7 cm³/mol. The van der Waals surface area contributed by atoms with E-state index in [1.807, 2.05) is 0 Å². The standard InChI is InChI=1S/C14H15N5O7S/c1-5(20)25-3-6-4-27-12-9(11(22)19(12)10(6)13(23)24)17-8(21)2-7-16-14(15)26-18-7/h9,12H,2-4H2,1H3,(H,17,21)(H,23,24)(H2,15,16,18)/t9-,12?/m1/s1. The summed E-state index contributed by atoms with van der Waals surface area (Å²) in [6, 6.07) is -1.06. The Morgan fingerprint density at radius 2 is 2.22 bits per heavy atom. The van der Waals surface area contributed by atoms with Gasteiger partial charge in [0, 0.05) is 18.2 Å². The van der Waals surface area contributed by atoms with Crippen molar-refractivity contribution in [2.45, 2.75) is 24.8 Å². The number of anilines is 1. The lowest BCUT2D eigenvalue weighted by atomic mass is 10.0. The molecule has 0 aromatic carbocycles. The van der Waals surface area contributed by atoms with E-state index in [0.717, 1.165) is 4.90 Å². The van der Waals surface area contributed by atoms with Crippen molar-refractivity contribution in [2.75, 3.05) is 18.1 Å². The zero-order chi connectivity index (χ0) is 19.7. The number of amides is 2. The summed E-state index contributed by atoms with van der Waals surface area (Å²) >= 11 is 1.27. The molecule has 12 nitrogen and oxygen atoms in total. The lowest BCUT2D eigenvalue weighted by Crippen LogP contribution is -2.70. The molecule has 0 spiro atoms. The molecule has 1 aromatic rings. The number of hydrogen-bond acceptors (Lipinski definition) is 10. The Morgan fingerprint density at radius 1 is 1.48 bits per heavy atom. The SMILES string of the molecule is CC(=O)OCC1=C(C(=O)O)N2C(=O)[C@@H](NC(=O)Cc3noc(N)n3)C2SC1. The number of thioether (sulfide) groups is 1. The molecule has 0 saturated carbocycles. The Morgan fingerprint density at radius 3 is 2.81 bits per heavy atom. The van der Waals surface area contributed by atoms with Crippen molar-refractivity contribution in [3.63, 3.8) is 0 Å². The summed E-state index contributed by atoms with van der Waals surface area (Å²) in [6.07, 6.45) is -0.235. The van der Waals surface area contributed by atoms with Crippen molar-refractivity contribution in [1.29, 1.82) is 0 Å². The number of carboxylic acid groups (broad SMARTS) is 1. The smallest absolute Gasteiger partial charge is 0.352 e. The summed E-state index contributed by atoms with van der Waals surface area (Å²) in [6.45, 7) is 0.994. The normalized spacial score (nSPS) is 21.4.